The summed E-state index contributed by atoms with van der Waals surface area (Å²) in [7, 11) is 0. The van der Waals surface area contributed by atoms with Gasteiger partial charge in [-0.25, -0.2) is 19.0 Å². The molecule has 7 nitrogen and oxygen atoms in total. The predicted molar refractivity (Wildman–Crippen MR) is 134 cm³/mol. The lowest BCUT2D eigenvalue weighted by molar-refractivity contribution is 0.841. The van der Waals surface area contributed by atoms with Crippen LogP contribution in [0, 0.1) is 34.6 Å². The average Bonchev–Trinajstić information content (AvgIpc) is 3.13. The van der Waals surface area contributed by atoms with Crippen LogP contribution in [0.15, 0.2) is 64.3 Å². The van der Waals surface area contributed by atoms with Gasteiger partial charge in [0.25, 0.3) is 5.56 Å². The van der Waals surface area contributed by atoms with Crippen molar-refractivity contribution in [2.45, 2.75) is 34.6 Å². The lowest BCUT2D eigenvalue weighted by Gasteiger charge is -2.11. The van der Waals surface area contributed by atoms with Crippen LogP contribution in [0.4, 0.5) is 0 Å². The number of nitrogens with one attached hydrogen (secondary N) is 1. The third-order valence-corrected chi connectivity index (χ3v) is 6.37. The molecular formula is C27H25N5O2. The number of fused-ring (bicyclic) bond motifs is 1. The first kappa shape index (κ1) is 21.6. The minimum atomic E-state index is -0.548. The lowest BCUT2D eigenvalue weighted by Crippen LogP contribution is -2.35. The predicted octanol–water partition coefficient (Wildman–Crippen LogP) is 4.47. The summed E-state index contributed by atoms with van der Waals surface area (Å²) in [6.07, 6.45) is 1.68. The van der Waals surface area contributed by atoms with Crippen LogP contribution in [0.5, 0.6) is 0 Å². The molecule has 0 fully saturated rings. The second kappa shape index (κ2) is 7.95. The van der Waals surface area contributed by atoms with E-state index in [0.717, 1.165) is 43.6 Å². The van der Waals surface area contributed by atoms with Crippen LogP contribution < -0.4 is 11.2 Å². The van der Waals surface area contributed by atoms with Gasteiger partial charge in [0.2, 0.25) is 0 Å². The van der Waals surface area contributed by atoms with Gasteiger partial charge in [-0.1, -0.05) is 30.3 Å². The Morgan fingerprint density at radius 2 is 1.56 bits per heavy atom. The molecule has 0 aliphatic rings. The van der Waals surface area contributed by atoms with Crippen LogP contribution in [0.25, 0.3) is 33.7 Å². The highest BCUT2D eigenvalue weighted by atomic mass is 16.2. The van der Waals surface area contributed by atoms with E-state index in [1.54, 1.807) is 23.9 Å². The molecule has 0 amide bonds. The Morgan fingerprint density at radius 3 is 2.26 bits per heavy atom. The van der Waals surface area contributed by atoms with Gasteiger partial charge >= 0.3 is 5.69 Å². The maximum absolute atomic E-state index is 13.7. The van der Waals surface area contributed by atoms with E-state index >= 15 is 0 Å². The van der Waals surface area contributed by atoms with Crippen molar-refractivity contribution in [3.05, 3.63) is 104 Å². The molecule has 0 unspecified atom stereocenters. The third kappa shape index (κ3) is 3.37. The van der Waals surface area contributed by atoms with Crippen LogP contribution >= 0.6 is 0 Å². The molecule has 1 N–H and O–H groups in total. The second-order valence-corrected chi connectivity index (χ2v) is 8.73. The first-order valence-corrected chi connectivity index (χ1v) is 11.1. The number of pyridine rings is 1. The summed E-state index contributed by atoms with van der Waals surface area (Å²) in [6.45, 7) is 9.88. The summed E-state index contributed by atoms with van der Waals surface area (Å²) in [5.74, 6) is 0.257. The topological polar surface area (TPSA) is 85.6 Å². The number of nitrogens with zero attached hydrogens (tertiary/aromatic N) is 4. The van der Waals surface area contributed by atoms with Gasteiger partial charge < -0.3 is 4.98 Å². The number of aryl methyl sites for hydroxylation is 5. The van der Waals surface area contributed by atoms with E-state index in [4.69, 9.17) is 0 Å². The van der Waals surface area contributed by atoms with Crippen LogP contribution in [0.3, 0.4) is 0 Å². The normalized spacial score (nSPS) is 11.3. The van der Waals surface area contributed by atoms with Crippen LogP contribution in [-0.2, 0) is 0 Å². The fourth-order valence-corrected chi connectivity index (χ4v) is 4.37. The maximum Gasteiger partial charge on any atom is 0.334 e. The van der Waals surface area contributed by atoms with E-state index in [2.05, 4.69) is 28.1 Å². The largest absolute Gasteiger partial charge is 0.334 e. The number of H-pyrrole nitrogens is 1. The van der Waals surface area contributed by atoms with Crippen LogP contribution in [-0.4, -0.2) is 24.3 Å². The molecule has 0 saturated heterocycles. The van der Waals surface area contributed by atoms with E-state index in [-0.39, 0.29) is 5.82 Å². The third-order valence-electron chi connectivity index (χ3n) is 6.37. The molecule has 170 valence electrons. The molecule has 5 rings (SSSR count). The zero-order chi connectivity index (χ0) is 24.1. The van der Waals surface area contributed by atoms with Gasteiger partial charge in [-0.15, -0.1) is 0 Å². The van der Waals surface area contributed by atoms with Gasteiger partial charge in [0.1, 0.15) is 5.82 Å². The summed E-state index contributed by atoms with van der Waals surface area (Å²) in [5, 5.41) is 4.60. The molecule has 0 aliphatic heterocycles. The van der Waals surface area contributed by atoms with Crippen molar-refractivity contribution in [1.29, 1.82) is 0 Å². The Kier molecular flexibility index (Phi) is 5.05. The standard InChI is InChI=1S/C27H25N5O2/c1-15-8-6-7-9-21(15)20-10-11-23(28-14-20)31-26(33)25-24(29-27(31)34)19(5)30-32(25)22-13-17(3)16(2)12-18(22)4/h6-14H,1-5H3,(H,29,34). The Hall–Kier alpha value is -4.26. The first-order chi connectivity index (χ1) is 16.3. The zero-order valence-electron chi connectivity index (χ0n) is 19.8. The number of hydrogen-bond donors (Lipinski definition) is 1. The van der Waals surface area contributed by atoms with Crippen molar-refractivity contribution in [2.24, 2.45) is 0 Å². The second-order valence-electron chi connectivity index (χ2n) is 8.73. The first-order valence-electron chi connectivity index (χ1n) is 11.1. The quantitative estimate of drug-likeness (QED) is 0.439. The summed E-state index contributed by atoms with van der Waals surface area (Å²) in [6, 6.07) is 15.7. The number of aromatic amines is 1. The number of hydrogen-bond acceptors (Lipinski definition) is 4. The van der Waals surface area contributed by atoms with Crippen molar-refractivity contribution < 1.29 is 0 Å². The minimum absolute atomic E-state index is 0.257. The van der Waals surface area contributed by atoms with Gasteiger partial charge in [-0.2, -0.15) is 5.10 Å². The summed E-state index contributed by atoms with van der Waals surface area (Å²) < 4.78 is 2.70. The fraction of sp³-hybridized carbons (Fsp3) is 0.185. The van der Waals surface area contributed by atoms with Crippen molar-refractivity contribution in [1.82, 2.24) is 24.3 Å². The van der Waals surface area contributed by atoms with Gasteiger partial charge in [-0.05, 0) is 80.6 Å². The zero-order valence-corrected chi connectivity index (χ0v) is 19.8. The Balaban J connectivity index is 1.72. The molecular weight excluding hydrogens is 426 g/mol. The van der Waals surface area contributed by atoms with Crippen molar-refractivity contribution in [3.63, 3.8) is 0 Å². The van der Waals surface area contributed by atoms with Crippen molar-refractivity contribution in [2.75, 3.05) is 0 Å². The molecule has 0 spiro atoms. The molecule has 0 bridgehead atoms. The van der Waals surface area contributed by atoms with Gasteiger partial charge in [0.05, 0.1) is 16.9 Å². The van der Waals surface area contributed by atoms with Gasteiger partial charge in [0.15, 0.2) is 5.52 Å². The van der Waals surface area contributed by atoms with Crippen molar-refractivity contribution >= 4 is 11.0 Å². The highest BCUT2D eigenvalue weighted by molar-refractivity contribution is 5.79. The van der Waals surface area contributed by atoms with Gasteiger partial charge in [-0.3, -0.25) is 4.79 Å². The maximum atomic E-state index is 13.7. The smallest absolute Gasteiger partial charge is 0.303 e. The fourth-order valence-electron chi connectivity index (χ4n) is 4.37. The highest BCUT2D eigenvalue weighted by Gasteiger charge is 2.20. The molecule has 0 radical (unpaired) electrons. The average molecular weight is 452 g/mol. The molecule has 3 heterocycles. The molecule has 3 aromatic heterocycles. The van der Waals surface area contributed by atoms with E-state index < -0.39 is 11.2 Å². The SMILES string of the molecule is Cc1cc(C)c(-n2nc(C)c3[nH]c(=O)n(-c4ccc(-c5ccccc5C)cn4)c(=O)c32)cc1C. The molecule has 34 heavy (non-hydrogen) atoms. The Bertz CT molecular complexity index is 1690. The number of benzene rings is 2. The molecule has 0 atom stereocenters. The highest BCUT2D eigenvalue weighted by Crippen LogP contribution is 2.24. The molecule has 2 aromatic carbocycles. The van der Waals surface area contributed by atoms with Crippen molar-refractivity contribution in [3.8, 4) is 22.6 Å². The van der Waals surface area contributed by atoms with Gasteiger partial charge in [0, 0.05) is 11.8 Å². The van der Waals surface area contributed by atoms with E-state index in [1.165, 1.54) is 0 Å². The molecule has 0 aliphatic carbocycles. The lowest BCUT2D eigenvalue weighted by atomic mass is 10.0. The van der Waals surface area contributed by atoms with E-state index in [1.807, 2.05) is 57.2 Å². The summed E-state index contributed by atoms with van der Waals surface area (Å²) in [5.41, 5.74) is 7.46. The number of rotatable bonds is 3. The van der Waals surface area contributed by atoms with E-state index in [0.29, 0.717) is 16.7 Å². The molecule has 0 saturated carbocycles. The number of aromatic nitrogens is 5. The Morgan fingerprint density at radius 1 is 0.824 bits per heavy atom. The van der Waals surface area contributed by atoms with Crippen LogP contribution in [0.2, 0.25) is 0 Å². The summed E-state index contributed by atoms with van der Waals surface area (Å²) in [4.78, 5) is 33.9. The van der Waals surface area contributed by atoms with E-state index in [9.17, 15) is 9.59 Å². The molecule has 7 heteroatoms. The van der Waals surface area contributed by atoms with Crippen LogP contribution in [0.1, 0.15) is 27.9 Å². The molecule has 5 aromatic rings. The Labute approximate surface area is 196 Å². The summed E-state index contributed by atoms with van der Waals surface area (Å²) >= 11 is 0. The monoisotopic (exact) mass is 451 g/mol. The minimum Gasteiger partial charge on any atom is -0.303 e.